The molecule has 1 aliphatic carbocycles. The lowest BCUT2D eigenvalue weighted by molar-refractivity contribution is -0.0241. The second-order valence-electron chi connectivity index (χ2n) is 9.06. The van der Waals surface area contributed by atoms with E-state index >= 15 is 0 Å². The van der Waals surface area contributed by atoms with Gasteiger partial charge in [0.1, 0.15) is 12.2 Å². The van der Waals surface area contributed by atoms with Crippen LogP contribution in [0.4, 0.5) is 0 Å². The average molecular weight is 476 g/mol. The molecule has 2 aliphatic rings. The predicted octanol–water partition coefficient (Wildman–Crippen LogP) is 2.99. The number of aliphatic hydroxyl groups is 3. The SMILES string of the molecule is O=C1NC(=O)c2c1c1c3ccc(Cl)cc3[nH]c1c1c2c2ccccc2n1C1C[C@H](O)[C@@H](O)[C@H]1O. The smallest absolute Gasteiger partial charge is 0.259 e. The average Bonchev–Trinajstić information content (AvgIpc) is 3.50. The van der Waals surface area contributed by atoms with Crippen molar-refractivity contribution in [1.82, 2.24) is 14.9 Å². The third-order valence-corrected chi connectivity index (χ3v) is 7.53. The fourth-order valence-electron chi connectivity index (χ4n) is 5.89. The van der Waals surface area contributed by atoms with Gasteiger partial charge in [0.15, 0.2) is 0 Å². The molecule has 0 radical (unpaired) electrons. The number of aromatic amines is 1. The van der Waals surface area contributed by atoms with Crippen molar-refractivity contribution in [3.8, 4) is 0 Å². The first-order chi connectivity index (χ1) is 16.4. The van der Waals surface area contributed by atoms with Crippen molar-refractivity contribution in [2.45, 2.75) is 30.8 Å². The third kappa shape index (κ3) is 2.33. The lowest BCUT2D eigenvalue weighted by atomic mass is 9.96. The number of H-pyrrole nitrogens is 1. The molecule has 1 unspecified atom stereocenters. The van der Waals surface area contributed by atoms with Crippen molar-refractivity contribution in [3.05, 3.63) is 58.6 Å². The molecule has 1 aliphatic heterocycles. The topological polar surface area (TPSA) is 128 Å². The molecule has 0 saturated heterocycles. The molecule has 3 heterocycles. The van der Waals surface area contributed by atoms with Gasteiger partial charge in [-0.15, -0.1) is 0 Å². The summed E-state index contributed by atoms with van der Waals surface area (Å²) in [5.41, 5.74) is 3.25. The number of para-hydroxylation sites is 1. The van der Waals surface area contributed by atoms with Crippen LogP contribution in [0.15, 0.2) is 42.5 Å². The molecule has 5 aromatic rings. The van der Waals surface area contributed by atoms with Crippen molar-refractivity contribution in [2.75, 3.05) is 0 Å². The summed E-state index contributed by atoms with van der Waals surface area (Å²) in [7, 11) is 0. The van der Waals surface area contributed by atoms with Gasteiger partial charge < -0.3 is 24.9 Å². The zero-order valence-electron chi connectivity index (χ0n) is 17.5. The molecule has 1 saturated carbocycles. The van der Waals surface area contributed by atoms with Gasteiger partial charge >= 0.3 is 0 Å². The van der Waals surface area contributed by atoms with Crippen LogP contribution in [0.2, 0.25) is 5.02 Å². The summed E-state index contributed by atoms with van der Waals surface area (Å²) >= 11 is 6.24. The Balaban J connectivity index is 1.77. The molecule has 170 valence electrons. The Morgan fingerprint density at radius 2 is 1.65 bits per heavy atom. The second kappa shape index (κ2) is 6.58. The Morgan fingerprint density at radius 1 is 0.912 bits per heavy atom. The lowest BCUT2D eigenvalue weighted by Gasteiger charge is -2.21. The van der Waals surface area contributed by atoms with Crippen LogP contribution >= 0.6 is 11.6 Å². The number of nitrogens with one attached hydrogen (secondary N) is 2. The maximum absolute atomic E-state index is 13.1. The number of imide groups is 1. The van der Waals surface area contributed by atoms with E-state index in [9.17, 15) is 24.9 Å². The molecule has 34 heavy (non-hydrogen) atoms. The number of carbonyl (C=O) groups is 2. The van der Waals surface area contributed by atoms with Gasteiger partial charge in [0.2, 0.25) is 0 Å². The Kier molecular flexibility index (Phi) is 3.87. The molecule has 0 spiro atoms. The standard InChI is InChI=1S/C25H18ClN3O5/c26-9-5-6-10-12(7-9)27-20-16(10)18-19(25(34)28-24(18)33)17-11-3-1-2-4-13(11)29(21(17)20)14-8-15(30)23(32)22(14)31/h1-7,14-15,22-23,27,30-32H,8H2,(H,28,33,34)/t14?,15-,22-,23+/m0/s1. The predicted molar refractivity (Wildman–Crippen MR) is 127 cm³/mol. The molecule has 3 aromatic carbocycles. The van der Waals surface area contributed by atoms with Crippen LogP contribution in [0.25, 0.3) is 43.6 Å². The van der Waals surface area contributed by atoms with Gasteiger partial charge in [-0.1, -0.05) is 35.9 Å². The van der Waals surface area contributed by atoms with Crippen molar-refractivity contribution >= 4 is 67.0 Å². The number of aromatic nitrogens is 2. The van der Waals surface area contributed by atoms with E-state index in [1.807, 2.05) is 34.9 Å². The fourth-order valence-corrected chi connectivity index (χ4v) is 6.06. The number of aliphatic hydroxyl groups excluding tert-OH is 3. The Labute approximate surface area is 196 Å². The number of benzene rings is 3. The van der Waals surface area contributed by atoms with E-state index in [4.69, 9.17) is 11.6 Å². The maximum atomic E-state index is 13.1. The van der Waals surface area contributed by atoms with Crippen LogP contribution in [0.5, 0.6) is 0 Å². The molecule has 4 atom stereocenters. The Morgan fingerprint density at radius 3 is 2.38 bits per heavy atom. The van der Waals surface area contributed by atoms with Crippen molar-refractivity contribution < 1.29 is 24.9 Å². The fraction of sp³-hybridized carbons (Fsp3) is 0.200. The molecular formula is C25H18ClN3O5. The minimum atomic E-state index is -1.29. The van der Waals surface area contributed by atoms with Gasteiger partial charge in [-0.2, -0.15) is 0 Å². The van der Waals surface area contributed by atoms with E-state index in [2.05, 4.69) is 10.3 Å². The monoisotopic (exact) mass is 475 g/mol. The summed E-state index contributed by atoms with van der Waals surface area (Å²) in [5, 5.41) is 37.1. The van der Waals surface area contributed by atoms with E-state index < -0.39 is 36.2 Å². The minimum Gasteiger partial charge on any atom is -0.390 e. The highest BCUT2D eigenvalue weighted by Gasteiger charge is 2.44. The molecule has 8 nitrogen and oxygen atoms in total. The maximum Gasteiger partial charge on any atom is 0.259 e. The van der Waals surface area contributed by atoms with E-state index in [1.165, 1.54) is 0 Å². The van der Waals surface area contributed by atoms with Gasteiger partial charge in [-0.05, 0) is 24.6 Å². The number of fused-ring (bicyclic) bond motifs is 10. The van der Waals surface area contributed by atoms with E-state index in [0.717, 1.165) is 16.3 Å². The summed E-state index contributed by atoms with van der Waals surface area (Å²) in [6.45, 7) is 0. The number of nitrogens with zero attached hydrogens (tertiary/aromatic N) is 1. The highest BCUT2D eigenvalue weighted by Crippen LogP contribution is 2.46. The van der Waals surface area contributed by atoms with Gasteiger partial charge in [0.25, 0.3) is 11.8 Å². The number of hydrogen-bond acceptors (Lipinski definition) is 5. The third-order valence-electron chi connectivity index (χ3n) is 7.29. The summed E-state index contributed by atoms with van der Waals surface area (Å²) in [6.07, 6.45) is -3.47. The molecule has 1 fully saturated rings. The molecule has 2 amide bonds. The highest BCUT2D eigenvalue weighted by molar-refractivity contribution is 6.39. The van der Waals surface area contributed by atoms with Crippen LogP contribution in [-0.2, 0) is 0 Å². The van der Waals surface area contributed by atoms with Crippen LogP contribution in [0.1, 0.15) is 33.2 Å². The number of amides is 2. The summed E-state index contributed by atoms with van der Waals surface area (Å²) < 4.78 is 1.88. The molecular weight excluding hydrogens is 458 g/mol. The van der Waals surface area contributed by atoms with Crippen molar-refractivity contribution in [1.29, 1.82) is 0 Å². The second-order valence-corrected chi connectivity index (χ2v) is 9.50. The first-order valence-electron chi connectivity index (χ1n) is 11.0. The molecule has 0 bridgehead atoms. The summed E-state index contributed by atoms with van der Waals surface area (Å²) in [4.78, 5) is 29.5. The van der Waals surface area contributed by atoms with Crippen LogP contribution < -0.4 is 5.32 Å². The van der Waals surface area contributed by atoms with Crippen molar-refractivity contribution in [2.24, 2.45) is 0 Å². The molecule has 2 aromatic heterocycles. The zero-order chi connectivity index (χ0) is 23.5. The zero-order valence-corrected chi connectivity index (χ0v) is 18.3. The number of rotatable bonds is 1. The van der Waals surface area contributed by atoms with E-state index in [0.29, 0.717) is 37.9 Å². The van der Waals surface area contributed by atoms with Crippen LogP contribution in [-0.4, -0.2) is 55.0 Å². The number of carbonyl (C=O) groups excluding carboxylic acids is 2. The first kappa shape index (κ1) is 20.0. The Hall–Kier alpha value is -3.43. The normalized spacial score (nSPS) is 24.7. The van der Waals surface area contributed by atoms with Crippen LogP contribution in [0.3, 0.4) is 0 Å². The molecule has 5 N–H and O–H groups in total. The molecule has 9 heteroatoms. The van der Waals surface area contributed by atoms with E-state index in [-0.39, 0.29) is 12.0 Å². The highest BCUT2D eigenvalue weighted by atomic mass is 35.5. The van der Waals surface area contributed by atoms with E-state index in [1.54, 1.807) is 12.1 Å². The largest absolute Gasteiger partial charge is 0.390 e. The van der Waals surface area contributed by atoms with Crippen LogP contribution in [0, 0.1) is 0 Å². The van der Waals surface area contributed by atoms with Gasteiger partial charge in [-0.25, -0.2) is 0 Å². The number of halogens is 1. The quantitative estimate of drug-likeness (QED) is 0.238. The lowest BCUT2D eigenvalue weighted by Crippen LogP contribution is -2.31. The Bertz CT molecular complexity index is 1740. The molecule has 7 rings (SSSR count). The van der Waals surface area contributed by atoms with Gasteiger partial charge in [0, 0.05) is 37.6 Å². The van der Waals surface area contributed by atoms with Gasteiger partial charge in [0.05, 0.1) is 34.3 Å². The number of hydrogen-bond donors (Lipinski definition) is 5. The summed E-state index contributed by atoms with van der Waals surface area (Å²) in [6, 6.07) is 12.1. The van der Waals surface area contributed by atoms with Gasteiger partial charge in [-0.3, -0.25) is 14.9 Å². The van der Waals surface area contributed by atoms with Crippen molar-refractivity contribution in [3.63, 3.8) is 0 Å². The minimum absolute atomic E-state index is 0.131. The first-order valence-corrected chi connectivity index (χ1v) is 11.3. The summed E-state index contributed by atoms with van der Waals surface area (Å²) in [5.74, 6) is -0.948.